The van der Waals surface area contributed by atoms with E-state index in [4.69, 9.17) is 0 Å². The third kappa shape index (κ3) is 5.33. The van der Waals surface area contributed by atoms with Crippen molar-refractivity contribution in [1.29, 1.82) is 0 Å². The molecule has 8 heteroatoms. The molecule has 1 aliphatic heterocycles. The summed E-state index contributed by atoms with van der Waals surface area (Å²) in [5.74, 6) is -1.76. The number of carbonyl (C=O) groups excluding carboxylic acids is 3. The molecule has 0 spiro atoms. The zero-order chi connectivity index (χ0) is 25.7. The Morgan fingerprint density at radius 3 is 2.44 bits per heavy atom. The number of benzene rings is 3. The lowest BCUT2D eigenvalue weighted by Crippen LogP contribution is -2.35. The van der Waals surface area contributed by atoms with Crippen LogP contribution in [0.4, 0.5) is 14.5 Å². The summed E-state index contributed by atoms with van der Waals surface area (Å²) in [6, 6.07) is 17.0. The number of nitrogens with zero attached hydrogens (tertiary/aromatic N) is 2. The molecular weight excluding hydrogens is 464 g/mol. The molecule has 0 aliphatic carbocycles. The predicted octanol–water partition coefficient (Wildman–Crippen LogP) is 4.42. The number of anilines is 1. The Balaban J connectivity index is 1.52. The summed E-state index contributed by atoms with van der Waals surface area (Å²) >= 11 is 0. The first-order valence-electron chi connectivity index (χ1n) is 11.5. The monoisotopic (exact) mass is 489 g/mol. The molecule has 4 rings (SSSR count). The van der Waals surface area contributed by atoms with Crippen LogP contribution in [0.3, 0.4) is 0 Å². The van der Waals surface area contributed by atoms with Crippen LogP contribution in [0.2, 0.25) is 0 Å². The van der Waals surface area contributed by atoms with E-state index in [2.05, 4.69) is 5.32 Å². The first kappa shape index (κ1) is 24.8. The van der Waals surface area contributed by atoms with Gasteiger partial charge in [-0.25, -0.2) is 8.78 Å². The van der Waals surface area contributed by atoms with Gasteiger partial charge in [0.05, 0.1) is 23.4 Å². The van der Waals surface area contributed by atoms with Crippen LogP contribution in [-0.2, 0) is 11.3 Å². The molecule has 0 fully saturated rings. The number of carbonyl (C=O) groups is 3. The molecule has 184 valence electrons. The van der Waals surface area contributed by atoms with Crippen molar-refractivity contribution in [3.63, 3.8) is 0 Å². The van der Waals surface area contributed by atoms with Crippen LogP contribution in [0.1, 0.15) is 38.3 Å². The molecule has 1 heterocycles. The number of rotatable bonds is 7. The number of para-hydroxylation sites is 1. The van der Waals surface area contributed by atoms with Crippen LogP contribution in [0.25, 0.3) is 5.57 Å². The Bertz CT molecular complexity index is 1320. The molecule has 0 atom stereocenters. The molecule has 1 aliphatic rings. The van der Waals surface area contributed by atoms with Crippen LogP contribution < -0.4 is 10.2 Å². The molecule has 0 unspecified atom stereocenters. The number of nitrogens with one attached hydrogen (secondary N) is 1. The molecule has 0 radical (unpaired) electrons. The van der Waals surface area contributed by atoms with Crippen LogP contribution in [0.15, 0.2) is 72.8 Å². The van der Waals surface area contributed by atoms with E-state index in [1.54, 1.807) is 41.3 Å². The molecule has 3 aromatic carbocycles. The largest absolute Gasteiger partial charge is 0.355 e. The highest BCUT2D eigenvalue weighted by molar-refractivity contribution is 6.01. The number of hydrogen-bond donors (Lipinski definition) is 1. The highest BCUT2D eigenvalue weighted by Gasteiger charge is 2.23. The molecular formula is C28H25F2N3O3. The second-order valence-corrected chi connectivity index (χ2v) is 8.38. The van der Waals surface area contributed by atoms with Crippen LogP contribution in [-0.4, -0.2) is 43.3 Å². The molecule has 0 saturated heterocycles. The molecule has 1 N–H and O–H groups in total. The van der Waals surface area contributed by atoms with E-state index < -0.39 is 11.7 Å². The van der Waals surface area contributed by atoms with Crippen molar-refractivity contribution in [3.8, 4) is 0 Å². The second-order valence-electron chi connectivity index (χ2n) is 8.38. The predicted molar refractivity (Wildman–Crippen MR) is 133 cm³/mol. The topological polar surface area (TPSA) is 69.7 Å². The van der Waals surface area contributed by atoms with Gasteiger partial charge >= 0.3 is 0 Å². The Labute approximate surface area is 207 Å². The van der Waals surface area contributed by atoms with Gasteiger partial charge < -0.3 is 15.1 Å². The highest BCUT2D eigenvalue weighted by Crippen LogP contribution is 2.25. The average molecular weight is 490 g/mol. The standard InChI is InChI=1S/C28H25F2N3O3/c1-31-27(35)23-4-2-3-5-26(23)33(18-34)17-19-6-11-25(30)24(16-19)28(36)32-14-12-21(13-15-32)20-7-9-22(29)10-8-20/h2-12,16,18H,13-15,17H2,1H3,(H,31,35). The molecule has 0 bridgehead atoms. The third-order valence-corrected chi connectivity index (χ3v) is 6.14. The molecule has 3 amide bonds. The fourth-order valence-corrected chi connectivity index (χ4v) is 4.21. The molecule has 0 aromatic heterocycles. The smallest absolute Gasteiger partial charge is 0.257 e. The summed E-state index contributed by atoms with van der Waals surface area (Å²) in [4.78, 5) is 40.1. The Hall–Kier alpha value is -4.33. The van der Waals surface area contributed by atoms with Crippen LogP contribution >= 0.6 is 0 Å². The summed E-state index contributed by atoms with van der Waals surface area (Å²) in [6.45, 7) is 0.744. The minimum Gasteiger partial charge on any atom is -0.355 e. The van der Waals surface area contributed by atoms with Crippen molar-refractivity contribution in [3.05, 3.63) is 107 Å². The second kappa shape index (κ2) is 10.9. The quantitative estimate of drug-likeness (QED) is 0.500. The zero-order valence-corrected chi connectivity index (χ0v) is 19.7. The summed E-state index contributed by atoms with van der Waals surface area (Å²) in [5.41, 5.74) is 3.07. The van der Waals surface area contributed by atoms with Gasteiger partial charge in [-0.2, -0.15) is 0 Å². The first-order chi connectivity index (χ1) is 17.4. The molecule has 0 saturated carbocycles. The lowest BCUT2D eigenvalue weighted by molar-refractivity contribution is -0.107. The minimum absolute atomic E-state index is 0.0483. The number of amides is 3. The van der Waals surface area contributed by atoms with Gasteiger partial charge in [0.25, 0.3) is 11.8 Å². The van der Waals surface area contributed by atoms with Crippen LogP contribution in [0, 0.1) is 11.6 Å². The van der Waals surface area contributed by atoms with E-state index in [9.17, 15) is 23.2 Å². The highest BCUT2D eigenvalue weighted by atomic mass is 19.1. The van der Waals surface area contributed by atoms with Gasteiger partial charge in [-0.3, -0.25) is 14.4 Å². The Morgan fingerprint density at radius 1 is 1.03 bits per heavy atom. The first-order valence-corrected chi connectivity index (χ1v) is 11.5. The zero-order valence-electron chi connectivity index (χ0n) is 19.7. The van der Waals surface area contributed by atoms with E-state index in [1.165, 1.54) is 42.3 Å². The average Bonchev–Trinajstić information content (AvgIpc) is 2.92. The summed E-state index contributed by atoms with van der Waals surface area (Å²) in [5, 5.41) is 2.55. The van der Waals surface area contributed by atoms with E-state index in [0.717, 1.165) is 11.1 Å². The molecule has 36 heavy (non-hydrogen) atoms. The lowest BCUT2D eigenvalue weighted by atomic mass is 9.99. The number of hydrogen-bond acceptors (Lipinski definition) is 3. The lowest BCUT2D eigenvalue weighted by Gasteiger charge is -2.27. The maximum atomic E-state index is 14.7. The number of halogens is 2. The maximum Gasteiger partial charge on any atom is 0.257 e. The van der Waals surface area contributed by atoms with Crippen molar-refractivity contribution in [2.45, 2.75) is 13.0 Å². The van der Waals surface area contributed by atoms with Crippen molar-refractivity contribution >= 4 is 29.5 Å². The van der Waals surface area contributed by atoms with Crippen molar-refractivity contribution in [1.82, 2.24) is 10.2 Å². The van der Waals surface area contributed by atoms with Gasteiger partial charge in [0, 0.05) is 20.1 Å². The Kier molecular flexibility index (Phi) is 7.53. The maximum absolute atomic E-state index is 14.7. The van der Waals surface area contributed by atoms with Gasteiger partial charge in [-0.05, 0) is 59.5 Å². The van der Waals surface area contributed by atoms with Gasteiger partial charge in [-0.15, -0.1) is 0 Å². The van der Waals surface area contributed by atoms with Gasteiger partial charge in [0.15, 0.2) is 0 Å². The van der Waals surface area contributed by atoms with E-state index in [0.29, 0.717) is 42.7 Å². The minimum atomic E-state index is -0.652. The summed E-state index contributed by atoms with van der Waals surface area (Å²) in [7, 11) is 1.50. The van der Waals surface area contributed by atoms with E-state index in [-0.39, 0.29) is 23.8 Å². The third-order valence-electron chi connectivity index (χ3n) is 6.14. The van der Waals surface area contributed by atoms with Gasteiger partial charge in [0.2, 0.25) is 6.41 Å². The van der Waals surface area contributed by atoms with Crippen molar-refractivity contribution in [2.24, 2.45) is 0 Å². The molecule has 3 aromatic rings. The SMILES string of the molecule is CNC(=O)c1ccccc1N(C=O)Cc1ccc(F)c(C(=O)N2CC=C(c3ccc(F)cc3)CC2)c1. The molecule has 6 nitrogen and oxygen atoms in total. The summed E-state index contributed by atoms with van der Waals surface area (Å²) < 4.78 is 27.9. The van der Waals surface area contributed by atoms with Gasteiger partial charge in [0.1, 0.15) is 11.6 Å². The van der Waals surface area contributed by atoms with E-state index >= 15 is 0 Å². The fourth-order valence-electron chi connectivity index (χ4n) is 4.21. The van der Waals surface area contributed by atoms with Crippen molar-refractivity contribution < 1.29 is 23.2 Å². The van der Waals surface area contributed by atoms with E-state index in [1.807, 2.05) is 6.08 Å². The van der Waals surface area contributed by atoms with Gasteiger partial charge in [-0.1, -0.05) is 36.4 Å². The fraction of sp³-hybridized carbons (Fsp3) is 0.179. The summed E-state index contributed by atoms with van der Waals surface area (Å²) in [6.07, 6.45) is 3.05. The Morgan fingerprint density at radius 2 is 1.78 bits per heavy atom. The normalized spacial score (nSPS) is 13.1. The van der Waals surface area contributed by atoms with Crippen LogP contribution in [0.5, 0.6) is 0 Å². The van der Waals surface area contributed by atoms with Crippen molar-refractivity contribution in [2.75, 3.05) is 25.0 Å².